The normalized spacial score (nSPS) is 10.2. The van der Waals surface area contributed by atoms with E-state index in [0.717, 1.165) is 0 Å². The Morgan fingerprint density at radius 3 is 2.67 bits per heavy atom. The van der Waals surface area contributed by atoms with Crippen molar-refractivity contribution >= 4 is 11.5 Å². The fourth-order valence-electron chi connectivity index (χ4n) is 1.02. The van der Waals surface area contributed by atoms with Crippen LogP contribution >= 0.6 is 0 Å². The fraction of sp³-hybridized carbons (Fsp3) is 0.500. The van der Waals surface area contributed by atoms with Crippen molar-refractivity contribution < 1.29 is 4.92 Å². The second kappa shape index (κ2) is 2.80. The van der Waals surface area contributed by atoms with Gasteiger partial charge in [0.25, 0.3) is 0 Å². The summed E-state index contributed by atoms with van der Waals surface area (Å²) in [6, 6.07) is 0. The highest BCUT2D eigenvalue weighted by Gasteiger charge is 2.22. The molecule has 0 aliphatic carbocycles. The molecule has 1 aromatic rings. The van der Waals surface area contributed by atoms with Gasteiger partial charge in [-0.1, -0.05) is 6.92 Å². The molecule has 2 N–H and O–H groups in total. The maximum atomic E-state index is 10.5. The van der Waals surface area contributed by atoms with Crippen molar-refractivity contribution in [3.05, 3.63) is 15.8 Å². The molecule has 0 atom stereocenters. The number of hydrogen-bond acceptors (Lipinski definition) is 4. The summed E-state index contributed by atoms with van der Waals surface area (Å²) in [6.07, 6.45) is 0.515. The van der Waals surface area contributed by atoms with Crippen molar-refractivity contribution in [2.75, 3.05) is 5.73 Å². The van der Waals surface area contributed by atoms with Crippen LogP contribution < -0.4 is 5.73 Å². The zero-order valence-corrected chi connectivity index (χ0v) is 6.94. The smallest absolute Gasteiger partial charge is 0.333 e. The SMILES string of the molecule is CCc1nn(C)c(N)c1[N+](=O)[O-]. The van der Waals surface area contributed by atoms with Gasteiger partial charge in [-0.05, 0) is 6.42 Å². The van der Waals surface area contributed by atoms with Crippen LogP contribution in [0.1, 0.15) is 12.6 Å². The van der Waals surface area contributed by atoms with Gasteiger partial charge in [0.1, 0.15) is 5.69 Å². The fourth-order valence-corrected chi connectivity index (χ4v) is 1.02. The standard InChI is InChI=1S/C6H10N4O2/c1-3-4-5(10(11)12)6(7)9(2)8-4/h3,7H2,1-2H3. The number of aromatic nitrogens is 2. The molecule has 0 unspecified atom stereocenters. The number of hydrogen-bond donors (Lipinski definition) is 1. The van der Waals surface area contributed by atoms with Crippen LogP contribution in [0.4, 0.5) is 11.5 Å². The highest BCUT2D eigenvalue weighted by molar-refractivity contribution is 5.56. The van der Waals surface area contributed by atoms with Crippen molar-refractivity contribution in [1.82, 2.24) is 9.78 Å². The molecular formula is C6H10N4O2. The maximum absolute atomic E-state index is 10.5. The molecule has 0 fully saturated rings. The summed E-state index contributed by atoms with van der Waals surface area (Å²) in [7, 11) is 1.58. The van der Waals surface area contributed by atoms with E-state index in [1.807, 2.05) is 0 Å². The quantitative estimate of drug-likeness (QED) is 0.516. The van der Waals surface area contributed by atoms with Crippen LogP contribution in [0.5, 0.6) is 0 Å². The third kappa shape index (κ3) is 1.11. The summed E-state index contributed by atoms with van der Waals surface area (Å²) in [5, 5.41) is 14.4. The van der Waals surface area contributed by atoms with Crippen LogP contribution in [0.2, 0.25) is 0 Å². The van der Waals surface area contributed by atoms with Gasteiger partial charge >= 0.3 is 5.69 Å². The van der Waals surface area contributed by atoms with Gasteiger partial charge in [0.2, 0.25) is 5.82 Å². The molecule has 1 heterocycles. The number of nitrogen functional groups attached to an aromatic ring is 1. The number of nitrogens with two attached hydrogens (primary N) is 1. The molecule has 0 aliphatic rings. The van der Waals surface area contributed by atoms with Crippen LogP contribution in [-0.2, 0) is 13.5 Å². The van der Waals surface area contributed by atoms with Crippen LogP contribution in [0, 0.1) is 10.1 Å². The number of aryl methyl sites for hydroxylation is 2. The van der Waals surface area contributed by atoms with E-state index in [0.29, 0.717) is 12.1 Å². The highest BCUT2D eigenvalue weighted by atomic mass is 16.6. The Morgan fingerprint density at radius 2 is 2.33 bits per heavy atom. The first-order chi connectivity index (χ1) is 5.57. The van der Waals surface area contributed by atoms with Gasteiger partial charge in [-0.2, -0.15) is 5.10 Å². The topological polar surface area (TPSA) is 87.0 Å². The van der Waals surface area contributed by atoms with Crippen molar-refractivity contribution in [2.24, 2.45) is 7.05 Å². The summed E-state index contributed by atoms with van der Waals surface area (Å²) in [4.78, 5) is 9.99. The minimum atomic E-state index is -0.499. The molecule has 12 heavy (non-hydrogen) atoms. The van der Waals surface area contributed by atoms with Gasteiger partial charge in [0.05, 0.1) is 4.92 Å². The number of nitro groups is 1. The lowest BCUT2D eigenvalue weighted by Gasteiger charge is -1.90. The van der Waals surface area contributed by atoms with Crippen LogP contribution in [0.15, 0.2) is 0 Å². The summed E-state index contributed by atoms with van der Waals surface area (Å²) >= 11 is 0. The molecule has 1 aromatic heterocycles. The average molecular weight is 170 g/mol. The summed E-state index contributed by atoms with van der Waals surface area (Å²) < 4.78 is 1.32. The molecule has 66 valence electrons. The zero-order valence-electron chi connectivity index (χ0n) is 6.94. The van der Waals surface area contributed by atoms with Crippen molar-refractivity contribution in [2.45, 2.75) is 13.3 Å². The molecule has 0 saturated heterocycles. The van der Waals surface area contributed by atoms with Crippen molar-refractivity contribution in [1.29, 1.82) is 0 Å². The van der Waals surface area contributed by atoms with E-state index >= 15 is 0 Å². The monoisotopic (exact) mass is 170 g/mol. The van der Waals surface area contributed by atoms with Gasteiger partial charge < -0.3 is 5.73 Å². The third-order valence-electron chi connectivity index (χ3n) is 1.65. The Hall–Kier alpha value is -1.59. The van der Waals surface area contributed by atoms with Gasteiger partial charge in [0, 0.05) is 7.05 Å². The van der Waals surface area contributed by atoms with Gasteiger partial charge in [-0.25, -0.2) is 4.68 Å². The Balaban J connectivity index is 3.31. The molecule has 0 saturated carbocycles. The summed E-state index contributed by atoms with van der Waals surface area (Å²) in [5.41, 5.74) is 5.80. The van der Waals surface area contributed by atoms with Gasteiger partial charge in [0.15, 0.2) is 0 Å². The Kier molecular flexibility index (Phi) is 1.99. The Bertz CT molecular complexity index is 318. The molecule has 6 heteroatoms. The minimum Gasteiger partial charge on any atom is -0.378 e. The first-order valence-electron chi connectivity index (χ1n) is 3.53. The molecule has 0 amide bonds. The number of rotatable bonds is 2. The Morgan fingerprint density at radius 1 is 1.75 bits per heavy atom. The van der Waals surface area contributed by atoms with Crippen LogP contribution in [0.3, 0.4) is 0 Å². The van der Waals surface area contributed by atoms with Gasteiger partial charge in [-0.15, -0.1) is 0 Å². The van der Waals surface area contributed by atoms with Crippen LogP contribution in [-0.4, -0.2) is 14.7 Å². The zero-order chi connectivity index (χ0) is 9.30. The molecule has 0 radical (unpaired) electrons. The largest absolute Gasteiger partial charge is 0.378 e. The van der Waals surface area contributed by atoms with E-state index < -0.39 is 4.92 Å². The Labute approximate surface area is 69.1 Å². The van der Waals surface area contributed by atoms with E-state index in [9.17, 15) is 10.1 Å². The van der Waals surface area contributed by atoms with E-state index in [2.05, 4.69) is 5.10 Å². The van der Waals surface area contributed by atoms with Gasteiger partial charge in [-0.3, -0.25) is 10.1 Å². The molecule has 0 aromatic carbocycles. The third-order valence-corrected chi connectivity index (χ3v) is 1.65. The lowest BCUT2D eigenvalue weighted by Crippen LogP contribution is -1.99. The average Bonchev–Trinajstić information content (AvgIpc) is 2.28. The minimum absolute atomic E-state index is 0.0694. The highest BCUT2D eigenvalue weighted by Crippen LogP contribution is 2.24. The van der Waals surface area contributed by atoms with E-state index in [4.69, 9.17) is 5.73 Å². The summed E-state index contributed by atoms with van der Waals surface area (Å²) in [6.45, 7) is 1.80. The lowest BCUT2D eigenvalue weighted by molar-refractivity contribution is -0.384. The van der Waals surface area contributed by atoms with Crippen molar-refractivity contribution in [3.8, 4) is 0 Å². The molecule has 0 aliphatic heterocycles. The van der Waals surface area contributed by atoms with Crippen molar-refractivity contribution in [3.63, 3.8) is 0 Å². The van der Waals surface area contributed by atoms with E-state index in [-0.39, 0.29) is 11.5 Å². The second-order valence-electron chi connectivity index (χ2n) is 2.41. The molecule has 0 bridgehead atoms. The number of nitrogens with zero attached hydrogens (tertiary/aromatic N) is 3. The lowest BCUT2D eigenvalue weighted by atomic mass is 10.3. The first kappa shape index (κ1) is 8.51. The first-order valence-corrected chi connectivity index (χ1v) is 3.53. The predicted octanol–water partition coefficient (Wildman–Crippen LogP) is 0.473. The summed E-state index contributed by atoms with van der Waals surface area (Å²) in [5.74, 6) is 0.108. The molecular weight excluding hydrogens is 160 g/mol. The van der Waals surface area contributed by atoms with Crippen LogP contribution in [0.25, 0.3) is 0 Å². The number of anilines is 1. The maximum Gasteiger partial charge on any atom is 0.333 e. The molecule has 1 rings (SSSR count). The van der Waals surface area contributed by atoms with E-state index in [1.165, 1.54) is 4.68 Å². The predicted molar refractivity (Wildman–Crippen MR) is 43.7 cm³/mol. The molecule has 0 spiro atoms. The second-order valence-corrected chi connectivity index (χ2v) is 2.41. The molecule has 6 nitrogen and oxygen atoms in total. The van der Waals surface area contributed by atoms with E-state index in [1.54, 1.807) is 14.0 Å².